The molecule has 0 aromatic heterocycles. The number of nitrogens with one attached hydrogen (secondary N) is 2. The van der Waals surface area contributed by atoms with E-state index in [2.05, 4.69) is 15.5 Å². The van der Waals surface area contributed by atoms with Gasteiger partial charge in [-0.25, -0.2) is 4.79 Å². The second-order valence-electron chi connectivity index (χ2n) is 8.24. The van der Waals surface area contributed by atoms with E-state index in [0.29, 0.717) is 17.9 Å². The van der Waals surface area contributed by atoms with Crippen molar-refractivity contribution in [3.8, 4) is 0 Å². The van der Waals surface area contributed by atoms with Crippen LogP contribution < -0.4 is 10.6 Å². The fraction of sp³-hybridized carbons (Fsp3) is 0.941. The van der Waals surface area contributed by atoms with E-state index in [4.69, 9.17) is 4.74 Å². The summed E-state index contributed by atoms with van der Waals surface area (Å²) in [6.07, 6.45) is 3.76. The maximum absolute atomic E-state index is 11.8. The van der Waals surface area contributed by atoms with Gasteiger partial charge in [0, 0.05) is 19.1 Å². The number of likely N-dealkylation sites (tertiary alicyclic amines) is 1. The molecule has 0 aromatic carbocycles. The van der Waals surface area contributed by atoms with Crippen LogP contribution in [0.1, 0.15) is 40.0 Å². The Morgan fingerprint density at radius 1 is 1.23 bits per heavy atom. The number of carbonyl (C=O) groups is 1. The van der Waals surface area contributed by atoms with Crippen molar-refractivity contribution in [2.24, 2.45) is 17.8 Å². The highest BCUT2D eigenvalue weighted by Gasteiger charge is 2.56. The first kappa shape index (κ1) is 16.1. The molecule has 0 spiro atoms. The average molecular weight is 309 g/mol. The summed E-state index contributed by atoms with van der Waals surface area (Å²) in [5.74, 6) is 2.22. The number of hydrogen-bond acceptors (Lipinski definition) is 4. The van der Waals surface area contributed by atoms with Gasteiger partial charge in [0.2, 0.25) is 0 Å². The lowest BCUT2D eigenvalue weighted by Gasteiger charge is -2.26. The Morgan fingerprint density at radius 2 is 1.86 bits per heavy atom. The third-order valence-electron chi connectivity index (χ3n) is 5.27. The summed E-state index contributed by atoms with van der Waals surface area (Å²) in [6, 6.07) is 0.352. The minimum Gasteiger partial charge on any atom is -0.444 e. The zero-order chi connectivity index (χ0) is 15.7. The van der Waals surface area contributed by atoms with Crippen molar-refractivity contribution in [3.63, 3.8) is 0 Å². The summed E-state index contributed by atoms with van der Waals surface area (Å²) >= 11 is 0. The van der Waals surface area contributed by atoms with E-state index >= 15 is 0 Å². The van der Waals surface area contributed by atoms with Crippen molar-refractivity contribution in [1.82, 2.24) is 15.5 Å². The molecular formula is C17H31N3O2. The first-order chi connectivity index (χ1) is 10.4. The fourth-order valence-electron chi connectivity index (χ4n) is 3.99. The summed E-state index contributed by atoms with van der Waals surface area (Å²) in [5, 5.41) is 6.47. The van der Waals surface area contributed by atoms with Crippen molar-refractivity contribution >= 4 is 6.09 Å². The van der Waals surface area contributed by atoms with Crippen LogP contribution in [0, 0.1) is 17.8 Å². The van der Waals surface area contributed by atoms with Gasteiger partial charge in [0.25, 0.3) is 0 Å². The molecule has 5 heteroatoms. The molecule has 1 amide bonds. The third kappa shape index (κ3) is 4.13. The predicted octanol–water partition coefficient (Wildman–Crippen LogP) is 1.83. The highest BCUT2D eigenvalue weighted by atomic mass is 16.6. The second kappa shape index (κ2) is 6.36. The number of alkyl carbamates (subject to hydrolysis) is 1. The standard InChI is InChI=1S/C17H31N3O2/c1-17(2,3)22-16(21)19-15-13-10-20(11-14(13)15)9-6-12-4-7-18-8-5-12/h12-15,18H,4-11H2,1-3H3,(H,19,21)/t13-,14+,15?. The molecule has 5 nitrogen and oxygen atoms in total. The van der Waals surface area contributed by atoms with Gasteiger partial charge in [-0.1, -0.05) is 0 Å². The number of amides is 1. The molecule has 2 aliphatic heterocycles. The maximum Gasteiger partial charge on any atom is 0.407 e. The van der Waals surface area contributed by atoms with Crippen LogP contribution in [0.15, 0.2) is 0 Å². The van der Waals surface area contributed by atoms with Gasteiger partial charge in [0.1, 0.15) is 5.60 Å². The molecule has 2 N–H and O–H groups in total. The number of nitrogens with zero attached hydrogens (tertiary/aromatic N) is 1. The van der Waals surface area contributed by atoms with Crippen molar-refractivity contribution in [1.29, 1.82) is 0 Å². The van der Waals surface area contributed by atoms with Gasteiger partial charge in [-0.15, -0.1) is 0 Å². The lowest BCUT2D eigenvalue weighted by molar-refractivity contribution is 0.0513. The number of fused-ring (bicyclic) bond motifs is 1. The largest absolute Gasteiger partial charge is 0.444 e. The van der Waals surface area contributed by atoms with E-state index in [0.717, 1.165) is 19.0 Å². The fourth-order valence-corrected chi connectivity index (χ4v) is 3.99. The number of rotatable bonds is 4. The molecule has 2 saturated heterocycles. The van der Waals surface area contributed by atoms with Crippen molar-refractivity contribution in [2.75, 3.05) is 32.7 Å². The normalized spacial score (nSPS) is 32.6. The summed E-state index contributed by atoms with van der Waals surface area (Å²) in [6.45, 7) is 11.6. The number of piperidine rings is 2. The van der Waals surface area contributed by atoms with Crippen LogP contribution in [0.2, 0.25) is 0 Å². The van der Waals surface area contributed by atoms with Crippen LogP contribution in [-0.4, -0.2) is 55.4 Å². The first-order valence-corrected chi connectivity index (χ1v) is 8.85. The monoisotopic (exact) mass is 309 g/mol. The van der Waals surface area contributed by atoms with Gasteiger partial charge in [-0.05, 0) is 77.4 Å². The topological polar surface area (TPSA) is 53.6 Å². The Balaban J connectivity index is 1.32. The summed E-state index contributed by atoms with van der Waals surface area (Å²) in [5.41, 5.74) is -0.408. The van der Waals surface area contributed by atoms with Gasteiger partial charge in [0.15, 0.2) is 0 Å². The van der Waals surface area contributed by atoms with E-state index < -0.39 is 5.60 Å². The molecule has 3 rings (SSSR count). The van der Waals surface area contributed by atoms with Crippen LogP contribution in [0.5, 0.6) is 0 Å². The van der Waals surface area contributed by atoms with Gasteiger partial charge in [-0.2, -0.15) is 0 Å². The Hall–Kier alpha value is -0.810. The molecule has 0 radical (unpaired) electrons. The van der Waals surface area contributed by atoms with E-state index in [9.17, 15) is 4.79 Å². The first-order valence-electron chi connectivity index (χ1n) is 8.85. The Labute approximate surface area is 134 Å². The van der Waals surface area contributed by atoms with Gasteiger partial charge < -0.3 is 20.3 Å². The third-order valence-corrected chi connectivity index (χ3v) is 5.27. The molecule has 22 heavy (non-hydrogen) atoms. The molecule has 0 bridgehead atoms. The van der Waals surface area contributed by atoms with Gasteiger partial charge >= 0.3 is 6.09 Å². The minimum atomic E-state index is -0.408. The molecule has 3 atom stereocenters. The molecule has 1 saturated carbocycles. The number of carbonyl (C=O) groups excluding carboxylic acids is 1. The van der Waals surface area contributed by atoms with Crippen LogP contribution in [0.3, 0.4) is 0 Å². The van der Waals surface area contributed by atoms with Crippen LogP contribution >= 0.6 is 0 Å². The van der Waals surface area contributed by atoms with Gasteiger partial charge in [-0.3, -0.25) is 0 Å². The van der Waals surface area contributed by atoms with E-state index in [1.54, 1.807) is 0 Å². The van der Waals surface area contributed by atoms with Crippen molar-refractivity contribution < 1.29 is 9.53 Å². The maximum atomic E-state index is 11.8. The molecule has 3 fully saturated rings. The quantitative estimate of drug-likeness (QED) is 0.832. The molecule has 3 aliphatic rings. The van der Waals surface area contributed by atoms with Crippen molar-refractivity contribution in [2.45, 2.75) is 51.7 Å². The van der Waals surface area contributed by atoms with E-state index in [1.807, 2.05) is 20.8 Å². The Morgan fingerprint density at radius 3 is 2.45 bits per heavy atom. The summed E-state index contributed by atoms with van der Waals surface area (Å²) in [7, 11) is 0. The average Bonchev–Trinajstić information content (AvgIpc) is 2.89. The zero-order valence-corrected chi connectivity index (χ0v) is 14.2. The lowest BCUT2D eigenvalue weighted by atomic mass is 9.94. The highest BCUT2D eigenvalue weighted by Crippen LogP contribution is 2.45. The number of ether oxygens (including phenoxy) is 1. The van der Waals surface area contributed by atoms with E-state index in [1.165, 1.54) is 38.9 Å². The summed E-state index contributed by atoms with van der Waals surface area (Å²) < 4.78 is 5.34. The molecule has 0 aromatic rings. The molecule has 2 heterocycles. The predicted molar refractivity (Wildman–Crippen MR) is 86.8 cm³/mol. The summed E-state index contributed by atoms with van der Waals surface area (Å²) in [4.78, 5) is 14.4. The lowest BCUT2D eigenvalue weighted by Crippen LogP contribution is -2.38. The van der Waals surface area contributed by atoms with Crippen LogP contribution in [0.25, 0.3) is 0 Å². The second-order valence-corrected chi connectivity index (χ2v) is 8.24. The van der Waals surface area contributed by atoms with Gasteiger partial charge in [0.05, 0.1) is 0 Å². The minimum absolute atomic E-state index is 0.256. The zero-order valence-electron chi connectivity index (χ0n) is 14.2. The Kier molecular flexibility index (Phi) is 4.64. The van der Waals surface area contributed by atoms with Crippen LogP contribution in [0.4, 0.5) is 4.79 Å². The SMILES string of the molecule is CC(C)(C)OC(=O)NC1[C@H]2CN(CCC3CCNCC3)C[C@@H]12. The Bertz CT molecular complexity index is 389. The van der Waals surface area contributed by atoms with Crippen molar-refractivity contribution in [3.05, 3.63) is 0 Å². The number of hydrogen-bond donors (Lipinski definition) is 2. The molecule has 1 aliphatic carbocycles. The molecule has 126 valence electrons. The van der Waals surface area contributed by atoms with E-state index in [-0.39, 0.29) is 6.09 Å². The smallest absolute Gasteiger partial charge is 0.407 e. The molecular weight excluding hydrogens is 278 g/mol. The van der Waals surface area contributed by atoms with Crippen LogP contribution in [-0.2, 0) is 4.74 Å². The highest BCUT2D eigenvalue weighted by molar-refractivity contribution is 5.68. The molecule has 1 unspecified atom stereocenters.